The van der Waals surface area contributed by atoms with Crippen molar-refractivity contribution in [3.8, 4) is 5.88 Å². The van der Waals surface area contributed by atoms with Crippen LogP contribution in [0.4, 0.5) is 0 Å². The Morgan fingerprint density at radius 1 is 1.14 bits per heavy atom. The quantitative estimate of drug-likeness (QED) is 0.759. The Bertz CT molecular complexity index is 416. The maximum atomic E-state index is 5.43. The third kappa shape index (κ3) is 3.35. The number of nitrogens with one attached hydrogen (secondary N) is 1. The number of aromatic nitrogens is 2. The Kier molecular flexibility index (Phi) is 7.05. The molecule has 0 saturated heterocycles. The molecule has 1 aromatic rings. The number of methoxy groups -OCH3 is 1. The average molecular weight is 294 g/mol. The average Bonchev–Trinajstić information content (AvgIpc) is 2.55. The highest BCUT2D eigenvalue weighted by molar-refractivity contribution is 5.25. The molecule has 0 aliphatic carbocycles. The van der Waals surface area contributed by atoms with Gasteiger partial charge in [-0.3, -0.25) is 9.88 Å². The summed E-state index contributed by atoms with van der Waals surface area (Å²) in [7, 11) is 3.64. The Labute approximate surface area is 129 Å². The van der Waals surface area contributed by atoms with Gasteiger partial charge in [0.25, 0.3) is 0 Å². The van der Waals surface area contributed by atoms with Gasteiger partial charge in [-0.1, -0.05) is 27.7 Å². The predicted molar refractivity (Wildman–Crippen MR) is 86.6 cm³/mol. The van der Waals surface area contributed by atoms with Crippen molar-refractivity contribution in [1.29, 1.82) is 0 Å². The molecule has 5 heteroatoms. The van der Waals surface area contributed by atoms with E-state index >= 15 is 0 Å². The van der Waals surface area contributed by atoms with Gasteiger partial charge in [-0.25, -0.2) is 4.98 Å². The van der Waals surface area contributed by atoms with Crippen molar-refractivity contribution in [3.63, 3.8) is 0 Å². The van der Waals surface area contributed by atoms with E-state index in [1.807, 2.05) is 7.05 Å². The highest BCUT2D eigenvalue weighted by atomic mass is 16.5. The van der Waals surface area contributed by atoms with Crippen LogP contribution >= 0.6 is 0 Å². The van der Waals surface area contributed by atoms with Gasteiger partial charge in [0.15, 0.2) is 0 Å². The first kappa shape index (κ1) is 17.9. The fraction of sp³-hybridized carbons (Fsp3) is 0.750. The fourth-order valence-electron chi connectivity index (χ4n) is 3.49. The number of likely N-dealkylation sites (N-methyl/N-ethyl adjacent to an activating group) is 2. The standard InChI is InChI=1S/C16H30N4O/c1-7-16(8-2,20(9-3)10-4)14(17-5)13-15(21-6)19-12-11-18-13/h11-12,14,17H,7-10H2,1-6H3. The van der Waals surface area contributed by atoms with Crippen molar-refractivity contribution in [3.05, 3.63) is 18.1 Å². The van der Waals surface area contributed by atoms with Crippen molar-refractivity contribution < 1.29 is 4.74 Å². The number of rotatable bonds is 9. The lowest BCUT2D eigenvalue weighted by atomic mass is 9.80. The van der Waals surface area contributed by atoms with Crippen LogP contribution in [0.15, 0.2) is 12.4 Å². The van der Waals surface area contributed by atoms with E-state index in [-0.39, 0.29) is 11.6 Å². The zero-order chi connectivity index (χ0) is 15.9. The lowest BCUT2D eigenvalue weighted by Gasteiger charge is -2.47. The summed E-state index contributed by atoms with van der Waals surface area (Å²) < 4.78 is 5.43. The van der Waals surface area contributed by atoms with Crippen LogP contribution in [0.1, 0.15) is 52.3 Å². The maximum Gasteiger partial charge on any atom is 0.237 e. The molecule has 0 amide bonds. The Morgan fingerprint density at radius 2 is 1.71 bits per heavy atom. The van der Waals surface area contributed by atoms with E-state index in [1.165, 1.54) is 0 Å². The first-order valence-electron chi connectivity index (χ1n) is 7.92. The van der Waals surface area contributed by atoms with E-state index in [9.17, 15) is 0 Å². The summed E-state index contributed by atoms with van der Waals surface area (Å²) >= 11 is 0. The molecular formula is C16H30N4O. The number of hydrogen-bond donors (Lipinski definition) is 1. The van der Waals surface area contributed by atoms with E-state index in [4.69, 9.17) is 4.74 Å². The van der Waals surface area contributed by atoms with Crippen molar-refractivity contribution in [2.75, 3.05) is 27.2 Å². The van der Waals surface area contributed by atoms with Gasteiger partial charge >= 0.3 is 0 Å². The number of hydrogen-bond acceptors (Lipinski definition) is 5. The second-order valence-electron chi connectivity index (χ2n) is 5.16. The minimum absolute atomic E-state index is 0.00155. The molecule has 0 spiro atoms. The van der Waals surface area contributed by atoms with Crippen LogP contribution in [0, 0.1) is 0 Å². The molecule has 5 nitrogen and oxygen atoms in total. The van der Waals surface area contributed by atoms with E-state index < -0.39 is 0 Å². The molecule has 1 aromatic heterocycles. The summed E-state index contributed by atoms with van der Waals surface area (Å²) in [5.74, 6) is 0.607. The molecule has 120 valence electrons. The van der Waals surface area contributed by atoms with Crippen molar-refractivity contribution >= 4 is 0 Å². The van der Waals surface area contributed by atoms with E-state index in [1.54, 1.807) is 19.5 Å². The molecule has 0 aliphatic rings. The van der Waals surface area contributed by atoms with Gasteiger partial charge in [0.1, 0.15) is 5.69 Å². The summed E-state index contributed by atoms with van der Waals surface area (Å²) in [5, 5.41) is 3.46. The lowest BCUT2D eigenvalue weighted by Crippen LogP contribution is -2.55. The second kappa shape index (κ2) is 8.29. The molecule has 0 fully saturated rings. The van der Waals surface area contributed by atoms with Crippen LogP contribution in [0.2, 0.25) is 0 Å². The second-order valence-corrected chi connectivity index (χ2v) is 5.16. The van der Waals surface area contributed by atoms with Crippen molar-refractivity contribution in [2.45, 2.75) is 52.1 Å². The number of nitrogens with zero attached hydrogens (tertiary/aromatic N) is 3. The largest absolute Gasteiger partial charge is 0.480 e. The third-order valence-electron chi connectivity index (χ3n) is 4.60. The zero-order valence-corrected chi connectivity index (χ0v) is 14.3. The Morgan fingerprint density at radius 3 is 2.14 bits per heavy atom. The van der Waals surface area contributed by atoms with E-state index in [0.29, 0.717) is 5.88 Å². The van der Waals surface area contributed by atoms with Gasteiger partial charge in [0.2, 0.25) is 5.88 Å². The van der Waals surface area contributed by atoms with Gasteiger partial charge in [-0.05, 0) is 33.0 Å². The van der Waals surface area contributed by atoms with Crippen molar-refractivity contribution in [2.24, 2.45) is 0 Å². The van der Waals surface area contributed by atoms with Crippen LogP contribution < -0.4 is 10.1 Å². The molecular weight excluding hydrogens is 264 g/mol. The lowest BCUT2D eigenvalue weighted by molar-refractivity contribution is 0.0488. The van der Waals surface area contributed by atoms with Crippen LogP contribution in [0.25, 0.3) is 0 Å². The minimum atomic E-state index is 0.00155. The topological polar surface area (TPSA) is 50.3 Å². The molecule has 1 unspecified atom stereocenters. The molecule has 0 saturated carbocycles. The zero-order valence-electron chi connectivity index (χ0n) is 14.3. The Balaban J connectivity index is 3.37. The third-order valence-corrected chi connectivity index (χ3v) is 4.60. The van der Waals surface area contributed by atoms with Crippen LogP contribution in [0.3, 0.4) is 0 Å². The summed E-state index contributed by atoms with van der Waals surface area (Å²) in [6.45, 7) is 10.9. The van der Waals surface area contributed by atoms with Gasteiger partial charge in [0, 0.05) is 17.9 Å². The number of ether oxygens (including phenoxy) is 1. The fourth-order valence-corrected chi connectivity index (χ4v) is 3.49. The Hall–Kier alpha value is -1.20. The monoisotopic (exact) mass is 294 g/mol. The van der Waals surface area contributed by atoms with Gasteiger partial charge < -0.3 is 10.1 Å². The molecule has 0 aliphatic heterocycles. The molecule has 0 bridgehead atoms. The van der Waals surface area contributed by atoms with Crippen LogP contribution in [0.5, 0.6) is 5.88 Å². The predicted octanol–water partition coefficient (Wildman–Crippen LogP) is 2.65. The van der Waals surface area contributed by atoms with Crippen molar-refractivity contribution in [1.82, 2.24) is 20.2 Å². The maximum absolute atomic E-state index is 5.43. The molecule has 21 heavy (non-hydrogen) atoms. The molecule has 1 rings (SSSR count). The normalized spacial score (nSPS) is 13.5. The first-order valence-corrected chi connectivity index (χ1v) is 7.92. The van der Waals surface area contributed by atoms with Crippen LogP contribution in [-0.2, 0) is 0 Å². The molecule has 0 radical (unpaired) electrons. The van der Waals surface area contributed by atoms with Gasteiger partial charge in [-0.2, -0.15) is 0 Å². The highest BCUT2D eigenvalue weighted by Crippen LogP contribution is 2.38. The minimum Gasteiger partial charge on any atom is -0.480 e. The SMILES string of the molecule is CCN(CC)C(CC)(CC)C(NC)c1nccnc1OC. The van der Waals surface area contributed by atoms with Gasteiger partial charge in [0.05, 0.1) is 13.2 Å². The van der Waals surface area contributed by atoms with E-state index in [2.05, 4.69) is 47.9 Å². The summed E-state index contributed by atoms with van der Waals surface area (Å²) in [6.07, 6.45) is 5.49. The smallest absolute Gasteiger partial charge is 0.237 e. The first-order chi connectivity index (χ1) is 10.1. The summed E-state index contributed by atoms with van der Waals surface area (Å²) in [5.41, 5.74) is 0.889. The summed E-state index contributed by atoms with van der Waals surface area (Å²) in [6, 6.07) is 0.0797. The molecule has 1 heterocycles. The molecule has 1 atom stereocenters. The summed E-state index contributed by atoms with van der Waals surface area (Å²) in [4.78, 5) is 11.4. The highest BCUT2D eigenvalue weighted by Gasteiger charge is 2.42. The molecule has 0 aromatic carbocycles. The van der Waals surface area contributed by atoms with E-state index in [0.717, 1.165) is 31.6 Å². The van der Waals surface area contributed by atoms with Crippen LogP contribution in [-0.4, -0.2) is 47.7 Å². The van der Waals surface area contributed by atoms with Gasteiger partial charge in [-0.15, -0.1) is 0 Å². The molecule has 1 N–H and O–H groups in total.